The fraction of sp³-hybridized carbons (Fsp3) is 0.182. The number of benzene rings is 2. The number of aromatic nitrogens is 2. The zero-order chi connectivity index (χ0) is 22.4. The quantitative estimate of drug-likeness (QED) is 0.352. The Balaban J connectivity index is 1.69. The first-order chi connectivity index (χ1) is 15.4. The number of aryl methyl sites for hydroxylation is 1. The average molecular weight is 470 g/mol. The number of hydrogen-bond acceptors (Lipinski definition) is 8. The van der Waals surface area contributed by atoms with Gasteiger partial charge in [0.15, 0.2) is 11.5 Å². The van der Waals surface area contributed by atoms with Gasteiger partial charge < -0.3 is 14.6 Å². The zero-order valence-electron chi connectivity index (χ0n) is 16.7. The first-order valence-corrected chi connectivity index (χ1v) is 10.9. The Bertz CT molecular complexity index is 1270. The molecule has 2 aliphatic rings. The Morgan fingerprint density at radius 2 is 1.81 bits per heavy atom. The number of aliphatic hydroxyl groups is 1. The predicted octanol–water partition coefficient (Wildman–Crippen LogP) is 3.90. The monoisotopic (exact) mass is 469 g/mol. The molecular formula is C22H16ClN3O5S. The molecule has 1 amide bonds. The van der Waals surface area contributed by atoms with Gasteiger partial charge in [0.25, 0.3) is 5.78 Å². The van der Waals surface area contributed by atoms with Crippen LogP contribution in [0.3, 0.4) is 0 Å². The lowest BCUT2D eigenvalue weighted by Crippen LogP contribution is -2.29. The van der Waals surface area contributed by atoms with Crippen LogP contribution in [0.5, 0.6) is 11.5 Å². The lowest BCUT2D eigenvalue weighted by atomic mass is 9.95. The van der Waals surface area contributed by atoms with Crippen molar-refractivity contribution in [2.45, 2.75) is 13.0 Å². The molecule has 32 heavy (non-hydrogen) atoms. The van der Waals surface area contributed by atoms with Crippen molar-refractivity contribution < 1.29 is 24.2 Å². The van der Waals surface area contributed by atoms with E-state index in [2.05, 4.69) is 10.2 Å². The van der Waals surface area contributed by atoms with Gasteiger partial charge in [0.05, 0.1) is 11.6 Å². The largest absolute Gasteiger partial charge is 0.507 e. The fourth-order valence-corrected chi connectivity index (χ4v) is 4.56. The Morgan fingerprint density at radius 3 is 2.50 bits per heavy atom. The molecule has 1 atom stereocenters. The minimum absolute atomic E-state index is 0.0538. The number of carbonyl (C=O) groups is 2. The van der Waals surface area contributed by atoms with E-state index in [0.29, 0.717) is 45.9 Å². The summed E-state index contributed by atoms with van der Waals surface area (Å²) in [6.45, 7) is 2.56. The van der Waals surface area contributed by atoms with Crippen molar-refractivity contribution >= 4 is 45.5 Å². The summed E-state index contributed by atoms with van der Waals surface area (Å²) in [5.74, 6) is -0.918. The summed E-state index contributed by atoms with van der Waals surface area (Å²) in [6, 6.07) is 10.7. The summed E-state index contributed by atoms with van der Waals surface area (Å²) in [4.78, 5) is 27.4. The van der Waals surface area contributed by atoms with Crippen molar-refractivity contribution in [1.29, 1.82) is 0 Å². The van der Waals surface area contributed by atoms with E-state index < -0.39 is 17.7 Å². The molecule has 1 N–H and O–H groups in total. The zero-order valence-corrected chi connectivity index (χ0v) is 18.3. The Labute approximate surface area is 191 Å². The van der Waals surface area contributed by atoms with Crippen LogP contribution >= 0.6 is 22.9 Å². The molecule has 0 saturated carbocycles. The molecule has 3 heterocycles. The van der Waals surface area contributed by atoms with Crippen molar-refractivity contribution in [2.24, 2.45) is 0 Å². The molecule has 1 fully saturated rings. The van der Waals surface area contributed by atoms with Gasteiger partial charge in [-0.1, -0.05) is 35.1 Å². The number of Topliss-reactive ketones (excluding diaryl/α,β-unsaturated/α-hetero) is 1. The first kappa shape index (κ1) is 20.5. The second-order valence-corrected chi connectivity index (χ2v) is 8.78. The average Bonchev–Trinajstić information content (AvgIpc) is 3.34. The molecule has 0 aliphatic carbocycles. The highest BCUT2D eigenvalue weighted by atomic mass is 35.5. The molecule has 162 valence electrons. The topological polar surface area (TPSA) is 102 Å². The Morgan fingerprint density at radius 1 is 1.09 bits per heavy atom. The summed E-state index contributed by atoms with van der Waals surface area (Å²) in [6.07, 6.45) is 0. The van der Waals surface area contributed by atoms with E-state index in [9.17, 15) is 14.7 Å². The van der Waals surface area contributed by atoms with Crippen molar-refractivity contribution in [1.82, 2.24) is 10.2 Å². The molecule has 5 rings (SSSR count). The third-order valence-corrected chi connectivity index (χ3v) is 6.26. The summed E-state index contributed by atoms with van der Waals surface area (Å²) >= 11 is 7.22. The minimum Gasteiger partial charge on any atom is -0.507 e. The molecule has 1 saturated heterocycles. The molecule has 2 aromatic carbocycles. The summed E-state index contributed by atoms with van der Waals surface area (Å²) in [7, 11) is 0. The highest BCUT2D eigenvalue weighted by Gasteiger charge is 2.48. The number of fused-ring (bicyclic) bond motifs is 1. The summed E-state index contributed by atoms with van der Waals surface area (Å²) in [5, 5.41) is 20.6. The van der Waals surface area contributed by atoms with Crippen LogP contribution in [0.1, 0.15) is 22.2 Å². The van der Waals surface area contributed by atoms with Crippen LogP contribution < -0.4 is 14.4 Å². The number of amides is 1. The normalized spacial score (nSPS) is 19.4. The number of rotatable bonds is 3. The lowest BCUT2D eigenvalue weighted by Gasteiger charge is -2.23. The van der Waals surface area contributed by atoms with Crippen LogP contribution in [-0.2, 0) is 9.59 Å². The Hall–Kier alpha value is -3.43. The number of hydrogen-bond donors (Lipinski definition) is 1. The molecule has 8 nitrogen and oxygen atoms in total. The van der Waals surface area contributed by atoms with Crippen molar-refractivity contribution in [3.63, 3.8) is 0 Å². The molecule has 1 unspecified atom stereocenters. The van der Waals surface area contributed by atoms with E-state index in [-0.39, 0.29) is 16.5 Å². The maximum atomic E-state index is 13.1. The second-order valence-electron chi connectivity index (χ2n) is 7.18. The Kier molecular flexibility index (Phi) is 5.07. The van der Waals surface area contributed by atoms with Gasteiger partial charge >= 0.3 is 5.91 Å². The van der Waals surface area contributed by atoms with E-state index in [1.165, 1.54) is 16.2 Å². The van der Waals surface area contributed by atoms with Gasteiger partial charge in [-0.2, -0.15) is 0 Å². The lowest BCUT2D eigenvalue weighted by molar-refractivity contribution is -0.132. The molecule has 0 radical (unpaired) electrons. The van der Waals surface area contributed by atoms with Gasteiger partial charge in [-0.15, -0.1) is 10.2 Å². The molecule has 2 aliphatic heterocycles. The van der Waals surface area contributed by atoms with Gasteiger partial charge in [0.2, 0.25) is 5.13 Å². The van der Waals surface area contributed by atoms with Crippen LogP contribution in [0.2, 0.25) is 5.02 Å². The smallest absolute Gasteiger partial charge is 0.301 e. The van der Waals surface area contributed by atoms with Crippen LogP contribution in [-0.4, -0.2) is 40.2 Å². The number of ketones is 1. The van der Waals surface area contributed by atoms with E-state index >= 15 is 0 Å². The van der Waals surface area contributed by atoms with E-state index in [0.717, 1.165) is 0 Å². The summed E-state index contributed by atoms with van der Waals surface area (Å²) in [5.41, 5.74) is 0.877. The molecule has 1 aromatic heterocycles. The third kappa shape index (κ3) is 3.39. The number of aliphatic hydroxyl groups excluding tert-OH is 1. The molecule has 10 heteroatoms. The fourth-order valence-electron chi connectivity index (χ4n) is 3.72. The van der Waals surface area contributed by atoms with Crippen molar-refractivity contribution in [2.75, 3.05) is 18.1 Å². The van der Waals surface area contributed by atoms with Crippen LogP contribution in [0.15, 0.2) is 48.0 Å². The van der Waals surface area contributed by atoms with Crippen molar-refractivity contribution in [3.8, 4) is 11.5 Å². The highest BCUT2D eigenvalue weighted by molar-refractivity contribution is 7.15. The van der Waals surface area contributed by atoms with Crippen LogP contribution in [0, 0.1) is 6.92 Å². The van der Waals surface area contributed by atoms with Crippen LogP contribution in [0.4, 0.5) is 5.13 Å². The molecule has 3 aromatic rings. The van der Waals surface area contributed by atoms with E-state index in [4.69, 9.17) is 21.1 Å². The predicted molar refractivity (Wildman–Crippen MR) is 118 cm³/mol. The van der Waals surface area contributed by atoms with Crippen molar-refractivity contribution in [3.05, 3.63) is 69.2 Å². The second kappa shape index (κ2) is 7.92. The number of anilines is 1. The number of carbonyl (C=O) groups excluding carboxylic acids is 2. The van der Waals surface area contributed by atoms with Gasteiger partial charge in [-0.05, 0) is 42.8 Å². The SMILES string of the molecule is Cc1nnc(N2C(=O)C(=O)/C(=C(/O)c3ccc4c(c3)OCCO4)C2c2ccc(Cl)cc2)s1. The maximum absolute atomic E-state index is 13.1. The van der Waals surface area contributed by atoms with Gasteiger partial charge in [-0.25, -0.2) is 0 Å². The van der Waals surface area contributed by atoms with Gasteiger partial charge in [-0.3, -0.25) is 14.5 Å². The minimum atomic E-state index is -0.896. The number of halogens is 1. The first-order valence-electron chi connectivity index (χ1n) is 9.70. The number of ether oxygens (including phenoxy) is 2. The molecular weight excluding hydrogens is 454 g/mol. The molecule has 0 bridgehead atoms. The highest BCUT2D eigenvalue weighted by Crippen LogP contribution is 2.44. The van der Waals surface area contributed by atoms with E-state index in [1.54, 1.807) is 49.4 Å². The third-order valence-electron chi connectivity index (χ3n) is 5.17. The summed E-state index contributed by atoms with van der Waals surface area (Å²) < 4.78 is 11.1. The van der Waals surface area contributed by atoms with Crippen LogP contribution in [0.25, 0.3) is 5.76 Å². The number of nitrogens with zero attached hydrogens (tertiary/aromatic N) is 3. The maximum Gasteiger partial charge on any atom is 0.301 e. The van der Waals surface area contributed by atoms with E-state index in [1.807, 2.05) is 0 Å². The van der Waals surface area contributed by atoms with Gasteiger partial charge in [0.1, 0.15) is 24.0 Å². The standard InChI is InChI=1S/C22H16ClN3O5S/c1-11-24-25-22(32-11)26-18(12-2-5-14(23)6-3-12)17(20(28)21(26)29)19(27)13-4-7-15-16(10-13)31-9-8-30-15/h2-7,10,18,27H,8-9H2,1H3/b19-17+. The van der Waals surface area contributed by atoms with Gasteiger partial charge in [0, 0.05) is 10.6 Å². The molecule has 0 spiro atoms.